The van der Waals surface area contributed by atoms with Crippen LogP contribution in [0.5, 0.6) is 0 Å². The van der Waals surface area contributed by atoms with Crippen LogP contribution in [0.2, 0.25) is 0 Å². The lowest BCUT2D eigenvalue weighted by Crippen LogP contribution is -2.43. The summed E-state index contributed by atoms with van der Waals surface area (Å²) in [5.74, 6) is -0.392. The Bertz CT molecular complexity index is 1070. The van der Waals surface area contributed by atoms with Gasteiger partial charge in [-0.2, -0.15) is 0 Å². The van der Waals surface area contributed by atoms with Crippen molar-refractivity contribution < 1.29 is 13.2 Å². The van der Waals surface area contributed by atoms with Crippen molar-refractivity contribution in [3.8, 4) is 0 Å². The molecule has 10 heteroatoms. The third kappa shape index (κ3) is 4.69. The molecule has 0 bridgehead atoms. The van der Waals surface area contributed by atoms with Crippen molar-refractivity contribution in [3.05, 3.63) is 33.9 Å². The summed E-state index contributed by atoms with van der Waals surface area (Å²) in [6, 6.07) is 2.84. The van der Waals surface area contributed by atoms with Crippen molar-refractivity contribution in [3.63, 3.8) is 0 Å². The fourth-order valence-electron chi connectivity index (χ4n) is 3.47. The van der Waals surface area contributed by atoms with Gasteiger partial charge in [0.1, 0.15) is 0 Å². The van der Waals surface area contributed by atoms with E-state index in [1.807, 2.05) is 26.8 Å². The van der Waals surface area contributed by atoms with E-state index in [1.54, 1.807) is 6.92 Å². The fourth-order valence-corrected chi connectivity index (χ4v) is 4.34. The minimum Gasteiger partial charge on any atom is -0.348 e. The average molecular weight is 424 g/mol. The second-order valence-corrected chi connectivity index (χ2v) is 10.8. The second-order valence-electron chi connectivity index (χ2n) is 8.80. The fraction of sp³-hybridized carbons (Fsp3) is 0.632. The highest BCUT2D eigenvalue weighted by Crippen LogP contribution is 2.22. The molecule has 160 valence electrons. The monoisotopic (exact) mass is 423 g/mol. The predicted octanol–water partition coefficient (Wildman–Crippen LogP) is 1.17. The molecule has 1 unspecified atom stereocenters. The van der Waals surface area contributed by atoms with Crippen LogP contribution in [0.15, 0.2) is 16.9 Å². The number of nitrogens with zero attached hydrogens (tertiary/aromatic N) is 3. The third-order valence-electron chi connectivity index (χ3n) is 5.37. The number of sulfonamides is 1. The first kappa shape index (κ1) is 21.5. The molecule has 1 saturated heterocycles. The molecule has 1 aliphatic rings. The first-order valence-electron chi connectivity index (χ1n) is 9.75. The highest BCUT2D eigenvalue weighted by molar-refractivity contribution is 7.88. The Morgan fingerprint density at radius 2 is 1.90 bits per heavy atom. The van der Waals surface area contributed by atoms with Crippen LogP contribution in [0.25, 0.3) is 5.65 Å². The first-order valence-corrected chi connectivity index (χ1v) is 11.6. The number of aromatic amines is 1. The summed E-state index contributed by atoms with van der Waals surface area (Å²) >= 11 is 0. The lowest BCUT2D eigenvalue weighted by atomic mass is 9.93. The van der Waals surface area contributed by atoms with E-state index in [2.05, 4.69) is 15.4 Å². The number of carbonyl (C=O) groups is 1. The Labute approximate surface area is 170 Å². The van der Waals surface area contributed by atoms with Gasteiger partial charge in [-0.15, -0.1) is 0 Å². The zero-order valence-corrected chi connectivity index (χ0v) is 18.3. The maximum atomic E-state index is 12.6. The molecule has 2 N–H and O–H groups in total. The highest BCUT2D eigenvalue weighted by atomic mass is 32.2. The van der Waals surface area contributed by atoms with Gasteiger partial charge in [-0.1, -0.05) is 20.8 Å². The largest absolute Gasteiger partial charge is 0.348 e. The minimum atomic E-state index is -3.22. The molecule has 0 spiro atoms. The Morgan fingerprint density at radius 3 is 2.45 bits per heavy atom. The summed E-state index contributed by atoms with van der Waals surface area (Å²) < 4.78 is 26.0. The predicted molar refractivity (Wildman–Crippen MR) is 110 cm³/mol. The number of carbonyl (C=O) groups excluding carboxylic acids is 1. The van der Waals surface area contributed by atoms with Gasteiger partial charge in [-0.3, -0.25) is 14.7 Å². The van der Waals surface area contributed by atoms with Crippen LogP contribution in [-0.2, 0) is 20.2 Å². The highest BCUT2D eigenvalue weighted by Gasteiger charge is 2.30. The van der Waals surface area contributed by atoms with Gasteiger partial charge in [-0.25, -0.2) is 22.2 Å². The Kier molecular flexibility index (Phi) is 5.61. The second kappa shape index (κ2) is 7.56. The summed E-state index contributed by atoms with van der Waals surface area (Å²) in [5, 5.41) is 6.00. The summed E-state index contributed by atoms with van der Waals surface area (Å²) in [7, 11) is -3.22. The standard InChI is InChI=1S/C19H29N5O4S/c1-12(20-18(26)13-6-8-23(9-7-13)29(5,27)28)14-10-17(25)24-16(21-14)11-15(22-24)19(2,3)4/h10-13,22H,6-9H2,1-5H3,(H,20,26). The van der Waals surface area contributed by atoms with Crippen LogP contribution in [-0.4, -0.2) is 52.6 Å². The van der Waals surface area contributed by atoms with E-state index < -0.39 is 16.1 Å². The molecule has 1 aliphatic heterocycles. The molecule has 3 heterocycles. The number of aromatic nitrogens is 3. The van der Waals surface area contributed by atoms with Gasteiger partial charge >= 0.3 is 0 Å². The zero-order valence-electron chi connectivity index (χ0n) is 17.5. The van der Waals surface area contributed by atoms with E-state index in [4.69, 9.17) is 0 Å². The molecule has 2 aromatic rings. The quantitative estimate of drug-likeness (QED) is 0.766. The van der Waals surface area contributed by atoms with Crippen LogP contribution in [0.4, 0.5) is 0 Å². The lowest BCUT2D eigenvalue weighted by Gasteiger charge is -2.30. The molecule has 1 amide bonds. The number of H-pyrrole nitrogens is 1. The average Bonchev–Trinajstić information content (AvgIpc) is 3.06. The van der Waals surface area contributed by atoms with Gasteiger partial charge in [0.2, 0.25) is 15.9 Å². The van der Waals surface area contributed by atoms with E-state index >= 15 is 0 Å². The molecule has 2 aromatic heterocycles. The van der Waals surface area contributed by atoms with Crippen molar-refractivity contribution in [2.24, 2.45) is 5.92 Å². The molecular weight excluding hydrogens is 394 g/mol. The maximum absolute atomic E-state index is 12.6. The Hall–Kier alpha value is -2.20. The number of hydrogen-bond acceptors (Lipinski definition) is 5. The lowest BCUT2D eigenvalue weighted by molar-refractivity contribution is -0.126. The number of amides is 1. The molecule has 1 atom stereocenters. The molecule has 29 heavy (non-hydrogen) atoms. The van der Waals surface area contributed by atoms with Crippen molar-refractivity contribution in [1.82, 2.24) is 24.2 Å². The molecule has 9 nitrogen and oxygen atoms in total. The smallest absolute Gasteiger partial charge is 0.272 e. The van der Waals surface area contributed by atoms with E-state index in [9.17, 15) is 18.0 Å². The van der Waals surface area contributed by atoms with E-state index in [0.717, 1.165) is 5.69 Å². The van der Waals surface area contributed by atoms with E-state index in [-0.39, 0.29) is 22.8 Å². The SMILES string of the molecule is CC(NC(=O)C1CCN(S(C)(=O)=O)CC1)c1cc(=O)n2[nH]c(C(C)(C)C)cc2n1. The zero-order chi connectivity index (χ0) is 21.6. The number of nitrogens with one attached hydrogen (secondary N) is 2. The van der Waals surface area contributed by atoms with Gasteiger partial charge in [0.15, 0.2) is 5.65 Å². The van der Waals surface area contributed by atoms with Crippen LogP contribution >= 0.6 is 0 Å². The Morgan fingerprint density at radius 1 is 1.28 bits per heavy atom. The summed E-state index contributed by atoms with van der Waals surface area (Å²) in [6.07, 6.45) is 2.14. The number of rotatable bonds is 4. The van der Waals surface area contributed by atoms with Gasteiger partial charge < -0.3 is 5.32 Å². The van der Waals surface area contributed by atoms with Crippen molar-refractivity contribution >= 4 is 21.6 Å². The molecule has 0 aliphatic carbocycles. The van der Waals surface area contributed by atoms with Crippen LogP contribution in [0, 0.1) is 5.92 Å². The normalized spacial score (nSPS) is 18.1. The van der Waals surface area contributed by atoms with E-state index in [1.165, 1.54) is 21.1 Å². The first-order chi connectivity index (χ1) is 13.4. The summed E-state index contributed by atoms with van der Waals surface area (Å²) in [6.45, 7) is 8.61. The number of hydrogen-bond donors (Lipinski definition) is 2. The molecule has 1 fully saturated rings. The van der Waals surface area contributed by atoms with Gasteiger partial charge in [0.25, 0.3) is 5.56 Å². The molecule has 0 aromatic carbocycles. The van der Waals surface area contributed by atoms with Gasteiger partial charge in [-0.05, 0) is 19.8 Å². The van der Waals surface area contributed by atoms with Crippen molar-refractivity contribution in [2.45, 2.75) is 52.0 Å². The minimum absolute atomic E-state index is 0.142. The topological polar surface area (TPSA) is 117 Å². The van der Waals surface area contributed by atoms with Gasteiger partial charge in [0, 0.05) is 42.2 Å². The van der Waals surface area contributed by atoms with Crippen molar-refractivity contribution in [2.75, 3.05) is 19.3 Å². The maximum Gasteiger partial charge on any atom is 0.272 e. The molecule has 3 rings (SSSR count). The number of piperidine rings is 1. The summed E-state index contributed by atoms with van der Waals surface area (Å²) in [5.41, 5.74) is 1.52. The van der Waals surface area contributed by atoms with Gasteiger partial charge in [0.05, 0.1) is 18.0 Å². The number of fused-ring (bicyclic) bond motifs is 1. The molecule has 0 radical (unpaired) electrons. The molecule has 0 saturated carbocycles. The third-order valence-corrected chi connectivity index (χ3v) is 6.68. The summed E-state index contributed by atoms with van der Waals surface area (Å²) in [4.78, 5) is 29.6. The Balaban J connectivity index is 1.72. The van der Waals surface area contributed by atoms with E-state index in [0.29, 0.717) is 37.3 Å². The van der Waals surface area contributed by atoms with Crippen molar-refractivity contribution in [1.29, 1.82) is 0 Å². The molecular formula is C19H29N5O4S. The van der Waals surface area contributed by atoms with Crippen LogP contribution in [0.3, 0.4) is 0 Å². The van der Waals surface area contributed by atoms with Crippen LogP contribution < -0.4 is 10.9 Å². The van der Waals surface area contributed by atoms with Crippen LogP contribution in [0.1, 0.15) is 58.0 Å².